The topological polar surface area (TPSA) is 98.7 Å². The number of aliphatic carboxylic acids is 1. The average molecular weight is 246 g/mol. The largest absolute Gasteiger partial charge is 0.481 e. The third-order valence-corrected chi connectivity index (χ3v) is 2.50. The van der Waals surface area contributed by atoms with E-state index < -0.39 is 24.0 Å². The van der Waals surface area contributed by atoms with Gasteiger partial charge in [0.05, 0.1) is 12.0 Å². The van der Waals surface area contributed by atoms with Crippen LogP contribution in [0.1, 0.15) is 40.5 Å². The number of nitrogens with one attached hydrogen (secondary N) is 2. The number of amides is 2. The number of carboxylic acids is 1. The Bertz CT molecular complexity index is 287. The molecule has 0 aromatic heterocycles. The highest BCUT2D eigenvalue weighted by Gasteiger charge is 2.25. The van der Waals surface area contributed by atoms with Gasteiger partial charge in [0.15, 0.2) is 0 Å². The molecular formula is C11H22N2O4. The molecule has 6 heteroatoms. The van der Waals surface area contributed by atoms with Crippen LogP contribution in [0.3, 0.4) is 0 Å². The second kappa shape index (κ2) is 5.86. The lowest BCUT2D eigenvalue weighted by atomic mass is 10.0. The van der Waals surface area contributed by atoms with Gasteiger partial charge in [0.2, 0.25) is 0 Å². The molecule has 2 amide bonds. The lowest BCUT2D eigenvalue weighted by Gasteiger charge is -2.27. The SMILES string of the molecule is CCC(C)(C)NC(=O)NCC(C)(O)CC(=O)O. The summed E-state index contributed by atoms with van der Waals surface area (Å²) >= 11 is 0. The van der Waals surface area contributed by atoms with Crippen LogP contribution in [0.4, 0.5) is 4.79 Å². The van der Waals surface area contributed by atoms with Crippen molar-refractivity contribution < 1.29 is 19.8 Å². The minimum atomic E-state index is -1.44. The summed E-state index contributed by atoms with van der Waals surface area (Å²) in [5, 5.41) is 23.4. The van der Waals surface area contributed by atoms with Crippen molar-refractivity contribution in [1.29, 1.82) is 0 Å². The van der Waals surface area contributed by atoms with E-state index in [1.165, 1.54) is 6.92 Å². The van der Waals surface area contributed by atoms with E-state index in [0.717, 1.165) is 6.42 Å². The first kappa shape index (κ1) is 15.7. The Morgan fingerprint density at radius 2 is 1.76 bits per heavy atom. The van der Waals surface area contributed by atoms with Gasteiger partial charge in [-0.25, -0.2) is 4.79 Å². The fourth-order valence-corrected chi connectivity index (χ4v) is 1.10. The molecule has 0 aromatic rings. The summed E-state index contributed by atoms with van der Waals surface area (Å²) in [6, 6.07) is -0.414. The van der Waals surface area contributed by atoms with Crippen LogP contribution in [0.25, 0.3) is 0 Å². The summed E-state index contributed by atoms with van der Waals surface area (Å²) in [5.41, 5.74) is -1.78. The van der Waals surface area contributed by atoms with Crippen molar-refractivity contribution in [2.24, 2.45) is 0 Å². The molecule has 0 aliphatic rings. The minimum Gasteiger partial charge on any atom is -0.481 e. The highest BCUT2D eigenvalue weighted by molar-refractivity contribution is 5.75. The maximum absolute atomic E-state index is 11.5. The maximum Gasteiger partial charge on any atom is 0.315 e. The molecule has 0 bridgehead atoms. The van der Waals surface area contributed by atoms with Crippen LogP contribution in [0.2, 0.25) is 0 Å². The smallest absolute Gasteiger partial charge is 0.315 e. The van der Waals surface area contributed by atoms with E-state index in [1.54, 1.807) is 0 Å². The summed E-state index contributed by atoms with van der Waals surface area (Å²) in [7, 11) is 0. The molecule has 0 radical (unpaired) electrons. The quantitative estimate of drug-likeness (QED) is 0.554. The Morgan fingerprint density at radius 1 is 1.24 bits per heavy atom. The second-order valence-corrected chi connectivity index (χ2v) is 5.11. The molecule has 0 spiro atoms. The first-order valence-corrected chi connectivity index (χ1v) is 5.58. The van der Waals surface area contributed by atoms with Gasteiger partial charge in [-0.2, -0.15) is 0 Å². The summed E-state index contributed by atoms with van der Waals surface area (Å²) in [6.45, 7) is 6.96. The molecule has 17 heavy (non-hydrogen) atoms. The molecular weight excluding hydrogens is 224 g/mol. The Morgan fingerprint density at radius 3 is 2.18 bits per heavy atom. The first-order valence-electron chi connectivity index (χ1n) is 5.58. The number of urea groups is 1. The van der Waals surface area contributed by atoms with Gasteiger partial charge >= 0.3 is 12.0 Å². The zero-order valence-electron chi connectivity index (χ0n) is 10.8. The zero-order valence-corrected chi connectivity index (χ0v) is 10.8. The van der Waals surface area contributed by atoms with Crippen LogP contribution in [0, 0.1) is 0 Å². The van der Waals surface area contributed by atoms with E-state index in [-0.39, 0.29) is 12.1 Å². The molecule has 0 heterocycles. The molecule has 0 aliphatic carbocycles. The molecule has 6 nitrogen and oxygen atoms in total. The van der Waals surface area contributed by atoms with Crippen molar-refractivity contribution in [2.45, 2.75) is 51.7 Å². The number of carboxylic acid groups (broad SMARTS) is 1. The van der Waals surface area contributed by atoms with Crippen molar-refractivity contribution >= 4 is 12.0 Å². The van der Waals surface area contributed by atoms with Crippen molar-refractivity contribution in [3.63, 3.8) is 0 Å². The fraction of sp³-hybridized carbons (Fsp3) is 0.818. The molecule has 0 fully saturated rings. The highest BCUT2D eigenvalue weighted by Crippen LogP contribution is 2.08. The Balaban J connectivity index is 4.12. The molecule has 100 valence electrons. The van der Waals surface area contributed by atoms with Gasteiger partial charge in [-0.15, -0.1) is 0 Å². The van der Waals surface area contributed by atoms with Gasteiger partial charge in [0.1, 0.15) is 0 Å². The maximum atomic E-state index is 11.5. The second-order valence-electron chi connectivity index (χ2n) is 5.11. The summed E-state index contributed by atoms with van der Waals surface area (Å²) in [6.07, 6.45) is 0.358. The van der Waals surface area contributed by atoms with Gasteiger partial charge in [-0.1, -0.05) is 6.92 Å². The third-order valence-electron chi connectivity index (χ3n) is 2.50. The van der Waals surface area contributed by atoms with E-state index in [1.807, 2.05) is 20.8 Å². The van der Waals surface area contributed by atoms with Crippen LogP contribution in [0.5, 0.6) is 0 Å². The number of hydrogen-bond acceptors (Lipinski definition) is 3. The Labute approximate surface area is 101 Å². The summed E-state index contributed by atoms with van der Waals surface area (Å²) < 4.78 is 0. The van der Waals surface area contributed by atoms with Crippen LogP contribution in [0.15, 0.2) is 0 Å². The Kier molecular flexibility index (Phi) is 5.41. The van der Waals surface area contributed by atoms with E-state index in [0.29, 0.717) is 0 Å². The normalized spacial score (nSPS) is 14.9. The minimum absolute atomic E-state index is 0.106. The van der Waals surface area contributed by atoms with Gasteiger partial charge in [-0.05, 0) is 27.2 Å². The standard InChI is InChI=1S/C11H22N2O4/c1-5-10(2,3)13-9(16)12-7-11(4,17)6-8(14)15/h17H,5-7H2,1-4H3,(H,14,15)(H2,12,13,16). The number of carbonyl (C=O) groups is 2. The first-order chi connectivity index (χ1) is 7.58. The molecule has 0 aliphatic heterocycles. The number of rotatable bonds is 6. The predicted octanol–water partition coefficient (Wildman–Crippen LogP) is 0.700. The highest BCUT2D eigenvalue weighted by atomic mass is 16.4. The molecule has 0 saturated carbocycles. The predicted molar refractivity (Wildman–Crippen MR) is 63.8 cm³/mol. The van der Waals surface area contributed by atoms with Crippen LogP contribution < -0.4 is 10.6 Å². The zero-order chi connectivity index (χ0) is 13.7. The molecule has 0 saturated heterocycles. The van der Waals surface area contributed by atoms with E-state index in [9.17, 15) is 14.7 Å². The number of aliphatic hydroxyl groups is 1. The van der Waals surface area contributed by atoms with Crippen molar-refractivity contribution in [3.8, 4) is 0 Å². The van der Waals surface area contributed by atoms with Crippen LogP contribution in [-0.2, 0) is 4.79 Å². The average Bonchev–Trinajstić information content (AvgIpc) is 2.12. The number of carbonyl (C=O) groups excluding carboxylic acids is 1. The van der Waals surface area contributed by atoms with Crippen molar-refractivity contribution in [2.75, 3.05) is 6.54 Å². The third kappa shape index (κ3) is 7.57. The number of hydrogen-bond donors (Lipinski definition) is 4. The summed E-state index contributed by atoms with van der Waals surface area (Å²) in [5.74, 6) is -1.11. The lowest BCUT2D eigenvalue weighted by Crippen LogP contribution is -2.51. The Hall–Kier alpha value is -1.30. The van der Waals surface area contributed by atoms with E-state index in [2.05, 4.69) is 10.6 Å². The molecule has 0 rings (SSSR count). The fourth-order valence-electron chi connectivity index (χ4n) is 1.10. The van der Waals surface area contributed by atoms with Gasteiger partial charge in [0, 0.05) is 12.1 Å². The van der Waals surface area contributed by atoms with Gasteiger partial charge in [0.25, 0.3) is 0 Å². The molecule has 1 atom stereocenters. The van der Waals surface area contributed by atoms with Gasteiger partial charge in [-0.3, -0.25) is 4.79 Å². The van der Waals surface area contributed by atoms with Gasteiger partial charge < -0.3 is 20.8 Å². The van der Waals surface area contributed by atoms with Crippen molar-refractivity contribution in [3.05, 3.63) is 0 Å². The van der Waals surface area contributed by atoms with Crippen LogP contribution in [-0.4, -0.2) is 39.9 Å². The monoisotopic (exact) mass is 246 g/mol. The van der Waals surface area contributed by atoms with Crippen LogP contribution >= 0.6 is 0 Å². The van der Waals surface area contributed by atoms with Crippen molar-refractivity contribution in [1.82, 2.24) is 10.6 Å². The van der Waals surface area contributed by atoms with E-state index in [4.69, 9.17) is 5.11 Å². The lowest BCUT2D eigenvalue weighted by molar-refractivity contribution is -0.141. The molecule has 4 N–H and O–H groups in total. The summed E-state index contributed by atoms with van der Waals surface area (Å²) in [4.78, 5) is 21.9. The molecule has 0 aromatic carbocycles. The molecule has 1 unspecified atom stereocenters. The van der Waals surface area contributed by atoms with E-state index >= 15 is 0 Å².